The summed E-state index contributed by atoms with van der Waals surface area (Å²) in [6, 6.07) is 8.33. The van der Waals surface area contributed by atoms with Crippen LogP contribution in [0.4, 0.5) is 15.8 Å². The van der Waals surface area contributed by atoms with Crippen molar-refractivity contribution in [1.29, 1.82) is 0 Å². The topological polar surface area (TPSA) is 28.2 Å². The van der Waals surface area contributed by atoms with E-state index in [0.29, 0.717) is 26.7 Å². The fourth-order valence-corrected chi connectivity index (χ4v) is 3.24. The molecule has 0 radical (unpaired) electrons. The monoisotopic (exact) mass is 363 g/mol. The quantitative estimate of drug-likeness (QED) is 0.669. The lowest BCUT2D eigenvalue weighted by Crippen LogP contribution is -2.12. The molecule has 0 amide bonds. The Hall–Kier alpha value is -2.04. The Morgan fingerprint density at radius 1 is 1.12 bits per heavy atom. The molecule has 0 spiro atoms. The number of benzene rings is 2. The zero-order chi connectivity index (χ0) is 17.4. The van der Waals surface area contributed by atoms with E-state index in [2.05, 4.69) is 10.3 Å². The van der Waals surface area contributed by atoms with Crippen molar-refractivity contribution in [2.45, 2.75) is 0 Å². The number of nitrogens with one attached hydrogen (secondary N) is 1. The highest BCUT2D eigenvalue weighted by Crippen LogP contribution is 2.41. The van der Waals surface area contributed by atoms with Gasteiger partial charge in [-0.15, -0.1) is 0 Å². The second-order valence-corrected chi connectivity index (χ2v) is 6.37. The predicted octanol–water partition coefficient (Wildman–Crippen LogP) is 5.46. The van der Waals surface area contributed by atoms with E-state index in [-0.39, 0.29) is 5.82 Å². The maximum absolute atomic E-state index is 14.7. The van der Waals surface area contributed by atoms with E-state index in [1.165, 1.54) is 6.07 Å². The van der Waals surface area contributed by atoms with Gasteiger partial charge in [-0.1, -0.05) is 35.3 Å². The van der Waals surface area contributed by atoms with Gasteiger partial charge in [0.05, 0.1) is 33.1 Å². The molecule has 124 valence electrons. The molecule has 0 fully saturated rings. The van der Waals surface area contributed by atoms with Crippen LogP contribution in [0.25, 0.3) is 22.0 Å². The third kappa shape index (κ3) is 2.66. The van der Waals surface area contributed by atoms with Gasteiger partial charge in [-0.3, -0.25) is 4.98 Å². The van der Waals surface area contributed by atoms with Crippen molar-refractivity contribution in [2.24, 2.45) is 0 Å². The number of nitrogens with zero attached hydrogens (tertiary/aromatic N) is 2. The number of aromatic nitrogens is 1. The Kier molecular flexibility index (Phi) is 4.52. The van der Waals surface area contributed by atoms with Crippen LogP contribution in [0.2, 0.25) is 10.0 Å². The Morgan fingerprint density at radius 2 is 1.88 bits per heavy atom. The van der Waals surface area contributed by atoms with E-state index in [9.17, 15) is 4.39 Å². The smallest absolute Gasteiger partial charge is 0.133 e. The van der Waals surface area contributed by atoms with E-state index in [1.54, 1.807) is 30.5 Å². The Balaban J connectivity index is 2.43. The summed E-state index contributed by atoms with van der Waals surface area (Å²) < 4.78 is 14.7. The standard InChI is InChI=1S/C18H16Cl2FN3/c1-22-14-9-23-17-11(18(14)24(2)3)7-8-13(21)15(17)10-5-4-6-12(19)16(10)20/h4-9,22H,1-3H3. The van der Waals surface area contributed by atoms with Crippen LogP contribution in [0, 0.1) is 5.82 Å². The predicted molar refractivity (Wildman–Crippen MR) is 101 cm³/mol. The molecule has 0 aliphatic heterocycles. The van der Waals surface area contributed by atoms with Crippen molar-refractivity contribution in [3.05, 3.63) is 52.4 Å². The molecule has 2 aromatic carbocycles. The second-order valence-electron chi connectivity index (χ2n) is 5.58. The number of anilines is 2. The lowest BCUT2D eigenvalue weighted by atomic mass is 9.99. The minimum Gasteiger partial charge on any atom is -0.385 e. The van der Waals surface area contributed by atoms with Crippen LogP contribution >= 0.6 is 23.2 Å². The summed E-state index contributed by atoms with van der Waals surface area (Å²) in [6.07, 6.45) is 1.69. The van der Waals surface area contributed by atoms with Crippen LogP contribution in [0.1, 0.15) is 0 Å². The van der Waals surface area contributed by atoms with E-state index in [1.807, 2.05) is 26.0 Å². The van der Waals surface area contributed by atoms with Gasteiger partial charge in [0.2, 0.25) is 0 Å². The van der Waals surface area contributed by atoms with Crippen LogP contribution in [-0.2, 0) is 0 Å². The fraction of sp³-hybridized carbons (Fsp3) is 0.167. The summed E-state index contributed by atoms with van der Waals surface area (Å²) in [4.78, 5) is 6.44. The Morgan fingerprint density at radius 3 is 2.54 bits per heavy atom. The first-order valence-corrected chi connectivity index (χ1v) is 8.12. The molecule has 0 aliphatic carbocycles. The minimum absolute atomic E-state index is 0.316. The summed E-state index contributed by atoms with van der Waals surface area (Å²) in [7, 11) is 5.70. The van der Waals surface area contributed by atoms with Crippen LogP contribution in [0.3, 0.4) is 0 Å². The molecule has 0 saturated heterocycles. The number of halogens is 3. The highest BCUT2D eigenvalue weighted by Gasteiger charge is 2.19. The first kappa shape index (κ1) is 16.8. The first-order chi connectivity index (χ1) is 11.5. The van der Waals surface area contributed by atoms with Gasteiger partial charge in [-0.2, -0.15) is 0 Å². The molecule has 3 aromatic rings. The van der Waals surface area contributed by atoms with Crippen molar-refractivity contribution in [3.63, 3.8) is 0 Å². The van der Waals surface area contributed by atoms with Gasteiger partial charge in [0.25, 0.3) is 0 Å². The summed E-state index contributed by atoms with van der Waals surface area (Å²) in [5, 5.41) is 4.65. The van der Waals surface area contributed by atoms with Gasteiger partial charge in [0, 0.05) is 37.7 Å². The van der Waals surface area contributed by atoms with Crippen molar-refractivity contribution in [1.82, 2.24) is 4.98 Å². The number of rotatable bonds is 3. The molecular weight excluding hydrogens is 348 g/mol. The lowest BCUT2D eigenvalue weighted by Gasteiger charge is -2.21. The largest absolute Gasteiger partial charge is 0.385 e. The molecule has 3 rings (SSSR count). The molecule has 24 heavy (non-hydrogen) atoms. The molecule has 1 N–H and O–H groups in total. The normalized spacial score (nSPS) is 10.9. The van der Waals surface area contributed by atoms with Gasteiger partial charge >= 0.3 is 0 Å². The number of fused-ring (bicyclic) bond motifs is 1. The molecule has 6 heteroatoms. The molecule has 1 aromatic heterocycles. The molecular formula is C18H16Cl2FN3. The van der Waals surface area contributed by atoms with Gasteiger partial charge in [-0.05, 0) is 18.2 Å². The minimum atomic E-state index is -0.388. The zero-order valence-electron chi connectivity index (χ0n) is 13.5. The Bertz CT molecular complexity index is 926. The van der Waals surface area contributed by atoms with Crippen molar-refractivity contribution >= 4 is 45.5 Å². The fourth-order valence-electron chi connectivity index (χ4n) is 2.84. The molecule has 0 saturated carbocycles. The van der Waals surface area contributed by atoms with Gasteiger partial charge in [0.1, 0.15) is 5.82 Å². The zero-order valence-corrected chi connectivity index (χ0v) is 15.0. The van der Waals surface area contributed by atoms with E-state index < -0.39 is 0 Å². The summed E-state index contributed by atoms with van der Waals surface area (Å²) in [6.45, 7) is 0. The van der Waals surface area contributed by atoms with E-state index in [4.69, 9.17) is 23.2 Å². The third-order valence-corrected chi connectivity index (χ3v) is 4.72. The molecule has 1 heterocycles. The summed E-state index contributed by atoms with van der Waals surface area (Å²) in [5.74, 6) is -0.388. The molecule has 0 bridgehead atoms. The molecule has 0 unspecified atom stereocenters. The van der Waals surface area contributed by atoms with Crippen LogP contribution in [0.5, 0.6) is 0 Å². The maximum Gasteiger partial charge on any atom is 0.133 e. The SMILES string of the molecule is CNc1cnc2c(-c3cccc(Cl)c3Cl)c(F)ccc2c1N(C)C. The van der Waals surface area contributed by atoms with Crippen molar-refractivity contribution in [3.8, 4) is 11.1 Å². The Labute approximate surface area is 150 Å². The summed E-state index contributed by atoms with van der Waals surface area (Å²) in [5.41, 5.74) is 3.22. The number of hydrogen-bond donors (Lipinski definition) is 1. The molecule has 0 aliphatic rings. The van der Waals surface area contributed by atoms with Crippen molar-refractivity contribution < 1.29 is 4.39 Å². The molecule has 0 atom stereocenters. The maximum atomic E-state index is 14.7. The lowest BCUT2D eigenvalue weighted by molar-refractivity contribution is 0.632. The highest BCUT2D eigenvalue weighted by atomic mass is 35.5. The highest BCUT2D eigenvalue weighted by molar-refractivity contribution is 6.44. The average Bonchev–Trinajstić information content (AvgIpc) is 2.56. The number of hydrogen-bond acceptors (Lipinski definition) is 3. The van der Waals surface area contributed by atoms with E-state index >= 15 is 0 Å². The van der Waals surface area contributed by atoms with Crippen LogP contribution in [-0.4, -0.2) is 26.1 Å². The third-order valence-electron chi connectivity index (χ3n) is 3.90. The second kappa shape index (κ2) is 6.46. The van der Waals surface area contributed by atoms with Crippen LogP contribution < -0.4 is 10.2 Å². The summed E-state index contributed by atoms with van der Waals surface area (Å²) >= 11 is 12.4. The molecule has 3 nitrogen and oxygen atoms in total. The van der Waals surface area contributed by atoms with Crippen LogP contribution in [0.15, 0.2) is 36.5 Å². The average molecular weight is 364 g/mol. The van der Waals surface area contributed by atoms with Gasteiger partial charge < -0.3 is 10.2 Å². The van der Waals surface area contributed by atoms with Gasteiger partial charge in [0.15, 0.2) is 0 Å². The van der Waals surface area contributed by atoms with E-state index in [0.717, 1.165) is 16.8 Å². The van der Waals surface area contributed by atoms with Gasteiger partial charge in [-0.25, -0.2) is 4.39 Å². The number of pyridine rings is 1. The van der Waals surface area contributed by atoms with Crippen molar-refractivity contribution in [2.75, 3.05) is 31.4 Å². The first-order valence-electron chi connectivity index (χ1n) is 7.36.